The third-order valence-corrected chi connectivity index (χ3v) is 6.20. The van der Waals surface area contributed by atoms with E-state index < -0.39 is 15.6 Å². The number of imidazole rings is 1. The number of hydrogen-bond donors (Lipinski definition) is 2. The minimum Gasteiger partial charge on any atom is -0.337 e. The molecule has 3 N–H and O–H groups in total. The molecule has 0 aliphatic carbocycles. The van der Waals surface area contributed by atoms with Crippen LogP contribution in [0.5, 0.6) is 0 Å². The molecule has 1 atom stereocenters. The van der Waals surface area contributed by atoms with Gasteiger partial charge in [-0.2, -0.15) is 5.26 Å². The summed E-state index contributed by atoms with van der Waals surface area (Å²) in [4.78, 5) is 16.5. The van der Waals surface area contributed by atoms with E-state index in [1.165, 1.54) is 23.9 Å². The standard InChI is InChI=1S/C16H21N5O3S2/c1-10(2)16(3,9-17)20-14(22)8-25-15-19-12-7-11(26(18,23)24)5-6-13(12)21(15)4/h5-7,10H,8H2,1-4H3,(H,20,22)(H2,18,23,24). The quantitative estimate of drug-likeness (QED) is 0.710. The molecule has 0 radical (unpaired) electrons. The van der Waals surface area contributed by atoms with E-state index in [0.717, 1.165) is 5.52 Å². The minimum absolute atomic E-state index is 0.0147. The molecule has 10 heteroatoms. The first-order chi connectivity index (χ1) is 12.0. The lowest BCUT2D eigenvalue weighted by Gasteiger charge is -2.27. The maximum atomic E-state index is 12.2. The summed E-state index contributed by atoms with van der Waals surface area (Å²) in [7, 11) is -2.03. The van der Waals surface area contributed by atoms with E-state index in [1.54, 1.807) is 24.6 Å². The van der Waals surface area contributed by atoms with Gasteiger partial charge < -0.3 is 9.88 Å². The highest BCUT2D eigenvalue weighted by atomic mass is 32.2. The molecular formula is C16H21N5O3S2. The normalized spacial score (nSPS) is 14.2. The molecule has 0 saturated heterocycles. The van der Waals surface area contributed by atoms with Crippen LogP contribution in [0.15, 0.2) is 28.3 Å². The summed E-state index contributed by atoms with van der Waals surface area (Å²) >= 11 is 1.21. The summed E-state index contributed by atoms with van der Waals surface area (Å²) in [5.74, 6) is -0.220. The van der Waals surface area contributed by atoms with Crippen molar-refractivity contribution >= 4 is 38.7 Å². The predicted molar refractivity (Wildman–Crippen MR) is 99.8 cm³/mol. The largest absolute Gasteiger partial charge is 0.337 e. The van der Waals surface area contributed by atoms with Crippen LogP contribution in [-0.2, 0) is 21.9 Å². The van der Waals surface area contributed by atoms with Gasteiger partial charge in [0.15, 0.2) is 5.16 Å². The highest BCUT2D eigenvalue weighted by Crippen LogP contribution is 2.25. The number of nitrogens with two attached hydrogens (primary N) is 1. The van der Waals surface area contributed by atoms with Gasteiger partial charge in [0.1, 0.15) is 5.54 Å². The van der Waals surface area contributed by atoms with Gasteiger partial charge in [-0.05, 0) is 31.0 Å². The molecule has 26 heavy (non-hydrogen) atoms. The number of rotatable bonds is 6. The molecule has 2 aromatic rings. The Hall–Kier alpha value is -2.09. The van der Waals surface area contributed by atoms with Crippen LogP contribution in [0.3, 0.4) is 0 Å². The van der Waals surface area contributed by atoms with Crippen molar-refractivity contribution in [3.05, 3.63) is 18.2 Å². The number of sulfonamides is 1. The zero-order valence-electron chi connectivity index (χ0n) is 15.0. The van der Waals surface area contributed by atoms with E-state index in [1.807, 2.05) is 13.8 Å². The van der Waals surface area contributed by atoms with Gasteiger partial charge in [-0.3, -0.25) is 4.79 Å². The molecule has 0 bridgehead atoms. The number of nitriles is 1. The zero-order valence-corrected chi connectivity index (χ0v) is 16.6. The molecule has 1 unspecified atom stereocenters. The number of carbonyl (C=O) groups is 1. The van der Waals surface area contributed by atoms with E-state index in [9.17, 15) is 18.5 Å². The first-order valence-electron chi connectivity index (χ1n) is 7.82. The van der Waals surface area contributed by atoms with Crippen LogP contribution in [0.4, 0.5) is 0 Å². The van der Waals surface area contributed by atoms with Gasteiger partial charge in [0.2, 0.25) is 15.9 Å². The number of amides is 1. The third kappa shape index (κ3) is 4.17. The second-order valence-corrected chi connectivity index (χ2v) is 8.96. The summed E-state index contributed by atoms with van der Waals surface area (Å²) in [6, 6.07) is 6.57. The summed E-state index contributed by atoms with van der Waals surface area (Å²) in [6.45, 7) is 5.42. The molecule has 1 aromatic heterocycles. The van der Waals surface area contributed by atoms with E-state index >= 15 is 0 Å². The molecule has 0 saturated carbocycles. The van der Waals surface area contributed by atoms with Crippen LogP contribution in [0, 0.1) is 17.2 Å². The SMILES string of the molecule is CC(C)C(C)(C#N)NC(=O)CSc1nc2cc(S(N)(=O)=O)ccc2n1C. The Morgan fingerprint density at radius 1 is 1.50 bits per heavy atom. The lowest BCUT2D eigenvalue weighted by Crippen LogP contribution is -2.49. The molecule has 140 valence electrons. The molecule has 0 fully saturated rings. The molecule has 0 aliphatic heterocycles. The Kier molecular flexibility index (Phi) is 5.65. The Morgan fingerprint density at radius 2 is 2.15 bits per heavy atom. The number of nitrogens with one attached hydrogen (secondary N) is 1. The van der Waals surface area contributed by atoms with E-state index in [2.05, 4.69) is 16.4 Å². The van der Waals surface area contributed by atoms with E-state index in [4.69, 9.17) is 5.14 Å². The molecule has 1 amide bonds. The summed E-state index contributed by atoms with van der Waals surface area (Å²) in [5.41, 5.74) is 0.268. The number of primary sulfonamides is 1. The molecule has 2 rings (SSSR count). The summed E-state index contributed by atoms with van der Waals surface area (Å²) < 4.78 is 24.7. The van der Waals surface area contributed by atoms with Crippen LogP contribution in [0.2, 0.25) is 0 Å². The number of thioether (sulfide) groups is 1. The van der Waals surface area contributed by atoms with Crippen molar-refractivity contribution in [3.63, 3.8) is 0 Å². The predicted octanol–water partition coefficient (Wildman–Crippen LogP) is 1.37. The average Bonchev–Trinajstić information content (AvgIpc) is 2.87. The number of fused-ring (bicyclic) bond motifs is 1. The van der Waals surface area contributed by atoms with Gasteiger partial charge in [0.05, 0.1) is 27.8 Å². The Morgan fingerprint density at radius 3 is 2.69 bits per heavy atom. The topological polar surface area (TPSA) is 131 Å². The number of aromatic nitrogens is 2. The molecule has 0 spiro atoms. The summed E-state index contributed by atoms with van der Waals surface area (Å²) in [6.07, 6.45) is 0. The number of aryl methyl sites for hydroxylation is 1. The van der Waals surface area contributed by atoms with Crippen LogP contribution >= 0.6 is 11.8 Å². The average molecular weight is 396 g/mol. The van der Waals surface area contributed by atoms with Gasteiger partial charge in [0.25, 0.3) is 0 Å². The number of benzene rings is 1. The highest BCUT2D eigenvalue weighted by Gasteiger charge is 2.30. The maximum absolute atomic E-state index is 12.2. The van der Waals surface area contributed by atoms with Crippen LogP contribution in [0.25, 0.3) is 11.0 Å². The van der Waals surface area contributed by atoms with Crippen molar-refractivity contribution in [1.82, 2.24) is 14.9 Å². The van der Waals surface area contributed by atoms with Crippen LogP contribution < -0.4 is 10.5 Å². The van der Waals surface area contributed by atoms with Crippen molar-refractivity contribution in [1.29, 1.82) is 5.26 Å². The Balaban J connectivity index is 2.18. The molecule has 1 aromatic carbocycles. The Labute approximate surface area is 156 Å². The van der Waals surface area contributed by atoms with Crippen molar-refractivity contribution in [2.75, 3.05) is 5.75 Å². The van der Waals surface area contributed by atoms with Gasteiger partial charge in [-0.25, -0.2) is 18.5 Å². The van der Waals surface area contributed by atoms with Crippen molar-refractivity contribution in [2.45, 2.75) is 36.4 Å². The molecular weight excluding hydrogens is 374 g/mol. The first kappa shape index (κ1) is 20.2. The molecule has 8 nitrogen and oxygen atoms in total. The number of hydrogen-bond acceptors (Lipinski definition) is 6. The number of nitrogens with zero attached hydrogens (tertiary/aromatic N) is 3. The van der Waals surface area contributed by atoms with Gasteiger partial charge >= 0.3 is 0 Å². The van der Waals surface area contributed by atoms with Crippen LogP contribution in [-0.4, -0.2) is 35.2 Å². The fourth-order valence-electron chi connectivity index (χ4n) is 2.22. The monoisotopic (exact) mass is 395 g/mol. The summed E-state index contributed by atoms with van der Waals surface area (Å²) in [5, 5.41) is 17.7. The zero-order chi connectivity index (χ0) is 19.7. The maximum Gasteiger partial charge on any atom is 0.238 e. The lowest BCUT2D eigenvalue weighted by molar-refractivity contribution is -0.120. The first-order valence-corrected chi connectivity index (χ1v) is 10.4. The fraction of sp³-hybridized carbons (Fsp3) is 0.438. The lowest BCUT2D eigenvalue weighted by atomic mass is 9.90. The minimum atomic E-state index is -3.81. The van der Waals surface area contributed by atoms with Gasteiger partial charge in [-0.15, -0.1) is 0 Å². The second-order valence-electron chi connectivity index (χ2n) is 6.45. The molecule has 0 aliphatic rings. The molecule has 1 heterocycles. The van der Waals surface area contributed by atoms with Crippen molar-refractivity contribution in [3.8, 4) is 6.07 Å². The highest BCUT2D eigenvalue weighted by molar-refractivity contribution is 7.99. The Bertz CT molecular complexity index is 991. The van der Waals surface area contributed by atoms with Crippen LogP contribution in [0.1, 0.15) is 20.8 Å². The van der Waals surface area contributed by atoms with Crippen molar-refractivity contribution < 1.29 is 13.2 Å². The van der Waals surface area contributed by atoms with Crippen molar-refractivity contribution in [2.24, 2.45) is 18.1 Å². The number of carbonyl (C=O) groups excluding carboxylic acids is 1. The fourth-order valence-corrected chi connectivity index (χ4v) is 3.54. The second kappa shape index (κ2) is 7.26. The van der Waals surface area contributed by atoms with Gasteiger partial charge in [0, 0.05) is 7.05 Å². The van der Waals surface area contributed by atoms with E-state index in [-0.39, 0.29) is 22.5 Å². The smallest absolute Gasteiger partial charge is 0.238 e. The third-order valence-electron chi connectivity index (χ3n) is 4.26. The van der Waals surface area contributed by atoms with E-state index in [0.29, 0.717) is 10.7 Å². The van der Waals surface area contributed by atoms with Gasteiger partial charge in [-0.1, -0.05) is 25.6 Å².